The van der Waals surface area contributed by atoms with E-state index in [0.29, 0.717) is 122 Å². The van der Waals surface area contributed by atoms with Gasteiger partial charge in [-0.15, -0.1) is 0 Å². The third kappa shape index (κ3) is 23.9. The van der Waals surface area contributed by atoms with E-state index in [2.05, 4.69) is 52.5 Å². The summed E-state index contributed by atoms with van der Waals surface area (Å²) < 4.78 is 18.7. The van der Waals surface area contributed by atoms with Crippen molar-refractivity contribution in [3.8, 4) is 0 Å². The molecule has 8 unspecified atom stereocenters. The van der Waals surface area contributed by atoms with Gasteiger partial charge >= 0.3 is 0 Å². The molecule has 0 aliphatic heterocycles. The van der Waals surface area contributed by atoms with Gasteiger partial charge < -0.3 is 71.6 Å². The molecule has 13 N–H and O–H groups in total. The van der Waals surface area contributed by atoms with E-state index in [9.17, 15) is 46.0 Å². The van der Waals surface area contributed by atoms with Crippen LogP contribution in [0, 0.1) is 17.8 Å². The molecule has 6 rings (SSSR count). The molecular formula is C66H107N5O12. The van der Waals surface area contributed by atoms with Gasteiger partial charge in [-0.1, -0.05) is 81.2 Å². The number of allylic oxidation sites excluding steroid dienone is 5. The molecule has 0 spiro atoms. The van der Waals surface area contributed by atoms with E-state index < -0.39 is 30.5 Å². The molecule has 11 atom stereocenters. The first-order chi connectivity index (χ1) is 40.1. The molecule has 0 amide bonds. The highest BCUT2D eigenvalue weighted by atomic mass is 16.5. The first kappa shape index (κ1) is 67.9. The summed E-state index contributed by atoms with van der Waals surface area (Å²) in [6, 6.07) is 0.185. The number of aliphatic hydroxyl groups excluding tert-OH is 9. The first-order valence-electron chi connectivity index (χ1n) is 31.7. The maximum atomic E-state index is 11.3. The molecular weight excluding hydrogens is 1050 g/mol. The number of unbranched alkanes of at least 4 members (excludes halogenated alkanes) is 8. The molecule has 1 fully saturated rings. The molecule has 0 saturated heterocycles. The monoisotopic (exact) mass is 1160 g/mol. The average molecular weight is 1160 g/mol. The highest BCUT2D eigenvalue weighted by Crippen LogP contribution is 2.33. The maximum Gasteiger partial charge on any atom is 0.195 e. The fourth-order valence-electron chi connectivity index (χ4n) is 12.7. The zero-order valence-corrected chi connectivity index (χ0v) is 50.1. The summed E-state index contributed by atoms with van der Waals surface area (Å²) in [6.45, 7) is 13.2. The zero-order chi connectivity index (χ0) is 59.5. The Kier molecular flexibility index (Phi) is 30.0. The topological polar surface area (TPSA) is 272 Å². The van der Waals surface area contributed by atoms with Gasteiger partial charge in [-0.3, -0.25) is 14.7 Å². The largest absolute Gasteiger partial charge is 0.512 e. The molecule has 0 aromatic carbocycles. The van der Waals surface area contributed by atoms with E-state index in [1.807, 2.05) is 24.3 Å². The van der Waals surface area contributed by atoms with Gasteiger partial charge in [-0.05, 0) is 170 Å². The van der Waals surface area contributed by atoms with Crippen LogP contribution in [0.25, 0.3) is 0 Å². The number of ether oxygens (including phenoxy) is 3. The number of hydrogen-bond donors (Lipinski definition) is 11. The maximum absolute atomic E-state index is 11.3. The van der Waals surface area contributed by atoms with E-state index in [0.717, 1.165) is 121 Å². The molecule has 6 aliphatic carbocycles. The second-order valence-electron chi connectivity index (χ2n) is 24.6. The van der Waals surface area contributed by atoms with Crippen molar-refractivity contribution in [1.29, 1.82) is 0 Å². The Morgan fingerprint density at radius 3 is 2.17 bits per heavy atom. The minimum atomic E-state index is -1.15. The average Bonchev–Trinajstić information content (AvgIpc) is 3.65. The fraction of sp³-hybridized carbons (Fsp3) is 0.697. The summed E-state index contributed by atoms with van der Waals surface area (Å²) in [5.41, 5.74) is 14.6. The molecule has 1 saturated carbocycles. The molecule has 0 aromatic heterocycles. The highest BCUT2D eigenvalue weighted by Gasteiger charge is 2.34. The van der Waals surface area contributed by atoms with Gasteiger partial charge in [-0.2, -0.15) is 0 Å². The van der Waals surface area contributed by atoms with Crippen LogP contribution in [-0.4, -0.2) is 188 Å². The third-order valence-corrected chi connectivity index (χ3v) is 17.5. The van der Waals surface area contributed by atoms with Crippen LogP contribution in [0.15, 0.2) is 119 Å². The predicted molar refractivity (Wildman–Crippen MR) is 329 cm³/mol. The van der Waals surface area contributed by atoms with Crippen molar-refractivity contribution >= 4 is 0 Å². The molecule has 0 bridgehead atoms. The van der Waals surface area contributed by atoms with E-state index in [4.69, 9.17) is 25.7 Å². The Bertz CT molecular complexity index is 2260. The Morgan fingerprint density at radius 1 is 0.747 bits per heavy atom. The van der Waals surface area contributed by atoms with Gasteiger partial charge in [0.05, 0.1) is 30.7 Å². The number of aliphatic hydroxyl groups is 9. The molecule has 0 aromatic rings. The summed E-state index contributed by atoms with van der Waals surface area (Å²) in [5, 5.41) is 96.3. The van der Waals surface area contributed by atoms with Gasteiger partial charge in [0.1, 0.15) is 35.6 Å². The van der Waals surface area contributed by atoms with Crippen LogP contribution in [0.2, 0.25) is 0 Å². The minimum absolute atomic E-state index is 0.0444. The lowest BCUT2D eigenvalue weighted by Crippen LogP contribution is -2.45. The van der Waals surface area contributed by atoms with Crippen LogP contribution in [0.1, 0.15) is 148 Å². The number of rotatable bonds is 39. The van der Waals surface area contributed by atoms with Crippen molar-refractivity contribution in [1.82, 2.24) is 14.7 Å². The van der Waals surface area contributed by atoms with Gasteiger partial charge in [0.25, 0.3) is 0 Å². The van der Waals surface area contributed by atoms with Gasteiger partial charge in [-0.25, -0.2) is 0 Å². The second-order valence-corrected chi connectivity index (χ2v) is 24.6. The molecule has 17 nitrogen and oxygen atoms in total. The van der Waals surface area contributed by atoms with Crippen molar-refractivity contribution < 1.29 is 60.2 Å². The van der Waals surface area contributed by atoms with E-state index in [-0.39, 0.29) is 53.1 Å². The summed E-state index contributed by atoms with van der Waals surface area (Å²) in [7, 11) is 0. The van der Waals surface area contributed by atoms with Crippen molar-refractivity contribution in [3.05, 3.63) is 119 Å². The Labute approximate surface area is 496 Å². The standard InChI is InChI=1S/C66H107N5O12/c1-3-54(39-60(76)47(2)72)70(43-48-18-20-49(21-19-48)44-71(55-16-15-17-57(74)38-55)45-50-22-24-56(73)25-23-50)46-51-32-58(75)40-59(33-51)81-29-14-8-11-28-69(41-52-34-61(77)65(79)63(36-52)82-30-12-6-4-9-26-67)42-53-35-62(78)66(80)64(37-53)83-31-13-7-5-10-27-68/h15,17-20,22,24,34-36,49,51,53-55,57-60,63,65,72-80H,2-14,16,21,23,25-33,37-46,67-68H2,1H3/t49?,51?,53-,54+,55?,57?,58?,59?,60+,63?,65?/m0/s1. The second kappa shape index (κ2) is 36.7. The Morgan fingerprint density at radius 2 is 1.48 bits per heavy atom. The molecule has 83 heavy (non-hydrogen) atoms. The third-order valence-electron chi connectivity index (χ3n) is 17.5. The van der Waals surface area contributed by atoms with Crippen LogP contribution in [0.5, 0.6) is 0 Å². The Balaban J connectivity index is 1.04. The number of hydrogen-bond acceptors (Lipinski definition) is 17. The summed E-state index contributed by atoms with van der Waals surface area (Å²) in [5.74, 6) is 0.307. The van der Waals surface area contributed by atoms with Gasteiger partial charge in [0.15, 0.2) is 11.5 Å². The number of nitrogens with zero attached hydrogens (tertiary/aromatic N) is 3. The normalized spacial score (nSPS) is 26.6. The van der Waals surface area contributed by atoms with Crippen molar-refractivity contribution in [2.24, 2.45) is 29.2 Å². The molecule has 0 heterocycles. The van der Waals surface area contributed by atoms with E-state index in [1.54, 1.807) is 12.2 Å². The molecule has 468 valence electrons. The van der Waals surface area contributed by atoms with Gasteiger partial charge in [0, 0.05) is 83.3 Å². The van der Waals surface area contributed by atoms with E-state index >= 15 is 0 Å². The smallest absolute Gasteiger partial charge is 0.195 e. The SMILES string of the molecule is C=C(O)[C@H](O)C[C@@H](CC)N(CC1=CCC(CN(CC2=CC=C(O)CC2)C2CC=CC(O)C2)C=C1)CC1CC(O)CC(OCCCCCN(CC2=CC(OCCCCCCN)C(O)C(O)=C2)C[C@H]2C=C(O)C(O)=C(OCCCCCCN)C2)C1. The minimum Gasteiger partial charge on any atom is -0.512 e. The molecule has 0 radical (unpaired) electrons. The van der Waals surface area contributed by atoms with Crippen molar-refractivity contribution in [2.75, 3.05) is 78.7 Å². The van der Waals surface area contributed by atoms with Crippen LogP contribution >= 0.6 is 0 Å². The summed E-state index contributed by atoms with van der Waals surface area (Å²) in [6.07, 6.45) is 33.6. The number of nitrogens with two attached hydrogens (primary N) is 2. The van der Waals surface area contributed by atoms with Crippen LogP contribution in [-0.2, 0) is 14.2 Å². The quantitative estimate of drug-likeness (QED) is 0.0155. The lowest BCUT2D eigenvalue weighted by Gasteiger charge is -2.39. The first-order valence-corrected chi connectivity index (χ1v) is 31.7. The Hall–Kier alpha value is -4.24. The van der Waals surface area contributed by atoms with Crippen LogP contribution in [0.4, 0.5) is 0 Å². The van der Waals surface area contributed by atoms with Gasteiger partial charge in [0.2, 0.25) is 0 Å². The van der Waals surface area contributed by atoms with Crippen LogP contribution in [0.3, 0.4) is 0 Å². The van der Waals surface area contributed by atoms with Crippen LogP contribution < -0.4 is 11.5 Å². The summed E-state index contributed by atoms with van der Waals surface area (Å²) in [4.78, 5) is 7.21. The molecule has 6 aliphatic rings. The molecule has 17 heteroatoms. The highest BCUT2D eigenvalue weighted by molar-refractivity contribution is 5.32. The van der Waals surface area contributed by atoms with Crippen molar-refractivity contribution in [3.63, 3.8) is 0 Å². The summed E-state index contributed by atoms with van der Waals surface area (Å²) >= 11 is 0. The van der Waals surface area contributed by atoms with E-state index in [1.165, 1.54) is 11.1 Å². The lowest BCUT2D eigenvalue weighted by molar-refractivity contribution is -0.0419. The van der Waals surface area contributed by atoms with Crippen molar-refractivity contribution in [2.45, 2.75) is 197 Å². The predicted octanol–water partition coefficient (Wildman–Crippen LogP) is 9.37. The zero-order valence-electron chi connectivity index (χ0n) is 50.1. The fourth-order valence-corrected chi connectivity index (χ4v) is 12.7. The lowest BCUT2D eigenvalue weighted by atomic mass is 9.84.